The van der Waals surface area contributed by atoms with Crippen molar-refractivity contribution in [2.75, 3.05) is 6.61 Å². The molecule has 1 rings (SSSR count). The zero-order chi connectivity index (χ0) is 12.3. The van der Waals surface area contributed by atoms with Gasteiger partial charge >= 0.3 is 5.97 Å². The molecule has 0 radical (unpaired) electrons. The number of benzene rings is 1. The Labute approximate surface area is 105 Å². The molecule has 0 spiro atoms. The molecule has 16 heavy (non-hydrogen) atoms. The summed E-state index contributed by atoms with van der Waals surface area (Å²) in [5.41, 5.74) is -0.397. The second-order valence-corrected chi connectivity index (χ2v) is 4.06. The standard InChI is InChI=1S/C10H7BrClFO3/c1-2-16-10(15)9(14)5-3-7(12)6(11)4-8(5)13/h3-4H,2H2,1H3. The van der Waals surface area contributed by atoms with Crippen LogP contribution in [0.5, 0.6) is 0 Å². The maximum absolute atomic E-state index is 13.4. The Morgan fingerprint density at radius 1 is 1.50 bits per heavy atom. The van der Waals surface area contributed by atoms with Crippen molar-refractivity contribution in [1.29, 1.82) is 0 Å². The molecule has 0 atom stereocenters. The lowest BCUT2D eigenvalue weighted by Gasteiger charge is -2.04. The molecule has 1 aromatic rings. The second kappa shape index (κ2) is 5.41. The summed E-state index contributed by atoms with van der Waals surface area (Å²) < 4.78 is 18.1. The van der Waals surface area contributed by atoms with Crippen LogP contribution in [0.4, 0.5) is 4.39 Å². The lowest BCUT2D eigenvalue weighted by atomic mass is 10.1. The van der Waals surface area contributed by atoms with Gasteiger partial charge in [0.15, 0.2) is 0 Å². The van der Waals surface area contributed by atoms with E-state index in [1.165, 1.54) is 0 Å². The molecule has 0 heterocycles. The van der Waals surface area contributed by atoms with E-state index in [1.54, 1.807) is 6.92 Å². The summed E-state index contributed by atoms with van der Waals surface area (Å²) in [6.07, 6.45) is 0. The van der Waals surface area contributed by atoms with Gasteiger partial charge in [-0.1, -0.05) is 11.6 Å². The molecule has 0 amide bonds. The van der Waals surface area contributed by atoms with Gasteiger partial charge in [-0.15, -0.1) is 0 Å². The van der Waals surface area contributed by atoms with Gasteiger partial charge in [0.05, 0.1) is 17.2 Å². The van der Waals surface area contributed by atoms with Crippen molar-refractivity contribution >= 4 is 39.3 Å². The van der Waals surface area contributed by atoms with Gasteiger partial charge in [-0.05, 0) is 35.0 Å². The van der Waals surface area contributed by atoms with Crippen molar-refractivity contribution in [3.63, 3.8) is 0 Å². The molecule has 0 aliphatic rings. The van der Waals surface area contributed by atoms with E-state index in [0.29, 0.717) is 4.47 Å². The van der Waals surface area contributed by atoms with Gasteiger partial charge in [0.25, 0.3) is 5.78 Å². The summed E-state index contributed by atoms with van der Waals surface area (Å²) in [5, 5.41) is 0.147. The number of hydrogen-bond acceptors (Lipinski definition) is 3. The first kappa shape index (κ1) is 13.1. The number of hydrogen-bond donors (Lipinski definition) is 0. The van der Waals surface area contributed by atoms with Crippen LogP contribution in [0.2, 0.25) is 5.02 Å². The van der Waals surface area contributed by atoms with Crippen LogP contribution in [0.25, 0.3) is 0 Å². The molecular formula is C10H7BrClFO3. The van der Waals surface area contributed by atoms with Gasteiger partial charge in [-0.2, -0.15) is 0 Å². The van der Waals surface area contributed by atoms with Crippen molar-refractivity contribution in [3.8, 4) is 0 Å². The van der Waals surface area contributed by atoms with E-state index in [9.17, 15) is 14.0 Å². The lowest BCUT2D eigenvalue weighted by molar-refractivity contribution is -0.137. The van der Waals surface area contributed by atoms with Crippen LogP contribution < -0.4 is 0 Å². The SMILES string of the molecule is CCOC(=O)C(=O)c1cc(Cl)c(Br)cc1F. The molecule has 0 aliphatic heterocycles. The first-order valence-corrected chi connectivity index (χ1v) is 5.50. The first-order valence-electron chi connectivity index (χ1n) is 4.33. The van der Waals surface area contributed by atoms with Crippen molar-refractivity contribution < 1.29 is 18.7 Å². The van der Waals surface area contributed by atoms with Gasteiger partial charge in [0, 0.05) is 4.47 Å². The number of ether oxygens (including phenoxy) is 1. The average Bonchev–Trinajstić information content (AvgIpc) is 2.23. The number of esters is 1. The molecule has 0 unspecified atom stereocenters. The van der Waals surface area contributed by atoms with Crippen LogP contribution in [0.1, 0.15) is 17.3 Å². The topological polar surface area (TPSA) is 43.4 Å². The first-order chi connectivity index (χ1) is 7.47. The second-order valence-electron chi connectivity index (χ2n) is 2.80. The van der Waals surface area contributed by atoms with Crippen molar-refractivity contribution in [3.05, 3.63) is 33.0 Å². The molecule has 0 bridgehead atoms. The molecule has 0 saturated carbocycles. The fraction of sp³-hybridized carbons (Fsp3) is 0.200. The van der Waals surface area contributed by atoms with Crippen LogP contribution in [0.3, 0.4) is 0 Å². The molecule has 0 aromatic heterocycles. The number of ketones is 1. The van der Waals surface area contributed by atoms with Crippen molar-refractivity contribution in [2.24, 2.45) is 0 Å². The monoisotopic (exact) mass is 308 g/mol. The molecule has 0 N–H and O–H groups in total. The van der Waals surface area contributed by atoms with Gasteiger partial charge in [-0.3, -0.25) is 4.79 Å². The highest BCUT2D eigenvalue weighted by Crippen LogP contribution is 2.26. The molecule has 3 nitrogen and oxygen atoms in total. The van der Waals surface area contributed by atoms with E-state index < -0.39 is 23.1 Å². The summed E-state index contributed by atoms with van der Waals surface area (Å²) >= 11 is 8.69. The molecule has 6 heteroatoms. The van der Waals surface area contributed by atoms with E-state index in [1.807, 2.05) is 0 Å². The molecule has 0 fully saturated rings. The average molecular weight is 310 g/mol. The molecule has 86 valence electrons. The third-order valence-corrected chi connectivity index (χ3v) is 2.91. The number of carbonyl (C=O) groups is 2. The van der Waals surface area contributed by atoms with E-state index in [0.717, 1.165) is 12.1 Å². The van der Waals surface area contributed by atoms with Crippen LogP contribution in [0, 0.1) is 5.82 Å². The Balaban J connectivity index is 3.09. The largest absolute Gasteiger partial charge is 0.460 e. The van der Waals surface area contributed by atoms with Gasteiger partial charge in [0.2, 0.25) is 0 Å². The summed E-state index contributed by atoms with van der Waals surface area (Å²) in [5.74, 6) is -2.97. The number of halogens is 3. The summed E-state index contributed by atoms with van der Waals surface area (Å²) in [7, 11) is 0. The molecular weight excluding hydrogens is 302 g/mol. The summed E-state index contributed by atoms with van der Waals surface area (Å²) in [6, 6.07) is 2.11. The smallest absolute Gasteiger partial charge is 0.379 e. The highest BCUT2D eigenvalue weighted by atomic mass is 79.9. The number of rotatable bonds is 3. The normalized spacial score (nSPS) is 10.0. The highest BCUT2D eigenvalue weighted by molar-refractivity contribution is 9.10. The predicted octanol–water partition coefficient (Wildman–Crippen LogP) is 2.99. The third kappa shape index (κ3) is 2.80. The third-order valence-electron chi connectivity index (χ3n) is 1.72. The van der Waals surface area contributed by atoms with Gasteiger partial charge in [-0.25, -0.2) is 9.18 Å². The Morgan fingerprint density at radius 3 is 2.69 bits per heavy atom. The van der Waals surface area contributed by atoms with Gasteiger partial charge in [0.1, 0.15) is 5.82 Å². The van der Waals surface area contributed by atoms with E-state index in [2.05, 4.69) is 20.7 Å². The van der Waals surface area contributed by atoms with E-state index in [-0.39, 0.29) is 11.6 Å². The Bertz CT molecular complexity index is 448. The molecule has 0 saturated heterocycles. The van der Waals surface area contributed by atoms with E-state index in [4.69, 9.17) is 11.6 Å². The van der Waals surface area contributed by atoms with Crippen LogP contribution >= 0.6 is 27.5 Å². The zero-order valence-electron chi connectivity index (χ0n) is 8.22. The maximum Gasteiger partial charge on any atom is 0.379 e. The number of Topliss-reactive ketones (excluding diaryl/α,β-unsaturated/α-hetero) is 1. The maximum atomic E-state index is 13.4. The number of carbonyl (C=O) groups excluding carboxylic acids is 2. The highest BCUT2D eigenvalue weighted by Gasteiger charge is 2.22. The van der Waals surface area contributed by atoms with Crippen LogP contribution in [-0.2, 0) is 9.53 Å². The fourth-order valence-electron chi connectivity index (χ4n) is 1.00. The minimum Gasteiger partial charge on any atom is -0.460 e. The lowest BCUT2D eigenvalue weighted by Crippen LogP contribution is -2.18. The van der Waals surface area contributed by atoms with Crippen molar-refractivity contribution in [2.45, 2.75) is 6.92 Å². The zero-order valence-corrected chi connectivity index (χ0v) is 10.6. The Morgan fingerprint density at radius 2 is 2.12 bits per heavy atom. The summed E-state index contributed by atoms with van der Waals surface area (Å²) in [6.45, 7) is 1.60. The van der Waals surface area contributed by atoms with Gasteiger partial charge < -0.3 is 4.74 Å². The summed E-state index contributed by atoms with van der Waals surface area (Å²) in [4.78, 5) is 22.5. The molecule has 1 aromatic carbocycles. The quantitative estimate of drug-likeness (QED) is 0.373. The minimum absolute atomic E-state index is 0.0520. The van der Waals surface area contributed by atoms with E-state index >= 15 is 0 Å². The van der Waals surface area contributed by atoms with Crippen molar-refractivity contribution in [1.82, 2.24) is 0 Å². The minimum atomic E-state index is -1.10. The Hall–Kier alpha value is -0.940. The Kier molecular flexibility index (Phi) is 4.44. The fourth-order valence-corrected chi connectivity index (χ4v) is 1.48. The predicted molar refractivity (Wildman–Crippen MR) is 60.1 cm³/mol. The van der Waals surface area contributed by atoms with Crippen LogP contribution in [-0.4, -0.2) is 18.4 Å². The molecule has 0 aliphatic carbocycles. The van der Waals surface area contributed by atoms with Crippen LogP contribution in [0.15, 0.2) is 16.6 Å².